The molecule has 0 aromatic heterocycles. The van der Waals surface area contributed by atoms with E-state index in [0.29, 0.717) is 0 Å². The summed E-state index contributed by atoms with van der Waals surface area (Å²) < 4.78 is 0. The van der Waals surface area contributed by atoms with Crippen molar-refractivity contribution in [3.8, 4) is 0 Å². The van der Waals surface area contributed by atoms with Gasteiger partial charge in [0, 0.05) is 6.07 Å². The van der Waals surface area contributed by atoms with Crippen LogP contribution in [-0.2, 0) is 6.42 Å². The summed E-state index contributed by atoms with van der Waals surface area (Å²) in [5.74, 6) is 0. The molecule has 2 rings (SSSR count). The van der Waals surface area contributed by atoms with Gasteiger partial charge in [0.2, 0.25) is 0 Å². The predicted molar refractivity (Wildman–Crippen MR) is 86.8 cm³/mol. The molecule has 0 unspecified atom stereocenters. The first-order valence-electron chi connectivity index (χ1n) is 6.82. The van der Waals surface area contributed by atoms with E-state index in [1.165, 1.54) is 23.9 Å². The predicted octanol–water partition coefficient (Wildman–Crippen LogP) is 3.51. The minimum Gasteiger partial charge on any atom is -0.272 e. The van der Waals surface area contributed by atoms with E-state index < -0.39 is 15.5 Å². The van der Waals surface area contributed by atoms with Crippen LogP contribution < -0.4 is 5.43 Å². The van der Waals surface area contributed by atoms with Gasteiger partial charge in [0.15, 0.2) is 0 Å². The summed E-state index contributed by atoms with van der Waals surface area (Å²) in [4.78, 5) is 20.3. The summed E-state index contributed by atoms with van der Waals surface area (Å²) in [6, 6.07) is 11.0. The molecular formula is C15H14N4O4. The number of nitrogens with one attached hydrogen (secondary N) is 1. The molecule has 0 spiro atoms. The number of hydrogen-bond acceptors (Lipinski definition) is 6. The lowest BCUT2D eigenvalue weighted by Gasteiger charge is -2.02. The number of rotatable bonds is 6. The molecule has 0 atom stereocenters. The molecule has 1 N–H and O–H groups in total. The van der Waals surface area contributed by atoms with Crippen molar-refractivity contribution in [1.82, 2.24) is 0 Å². The Morgan fingerprint density at radius 2 is 1.78 bits per heavy atom. The van der Waals surface area contributed by atoms with Crippen molar-refractivity contribution in [2.75, 3.05) is 5.43 Å². The first kappa shape index (κ1) is 16.1. The molecule has 0 aliphatic heterocycles. The largest absolute Gasteiger partial charge is 0.301 e. The maximum atomic E-state index is 11.0. The number of hydrazone groups is 1. The monoisotopic (exact) mass is 314 g/mol. The van der Waals surface area contributed by atoms with Crippen molar-refractivity contribution in [1.29, 1.82) is 0 Å². The van der Waals surface area contributed by atoms with Crippen LogP contribution in [0.25, 0.3) is 0 Å². The summed E-state index contributed by atoms with van der Waals surface area (Å²) in [5, 5.41) is 25.6. The third-order valence-electron chi connectivity index (χ3n) is 3.18. The van der Waals surface area contributed by atoms with E-state index in [1.807, 2.05) is 24.3 Å². The minimum atomic E-state index is -0.694. The number of anilines is 1. The maximum Gasteiger partial charge on any atom is 0.301 e. The van der Waals surface area contributed by atoms with Crippen molar-refractivity contribution < 1.29 is 9.85 Å². The van der Waals surface area contributed by atoms with Crippen LogP contribution in [0.1, 0.15) is 18.1 Å². The van der Waals surface area contributed by atoms with Gasteiger partial charge in [-0.05, 0) is 23.6 Å². The Kier molecular flexibility index (Phi) is 4.98. The average Bonchev–Trinajstić information content (AvgIpc) is 2.55. The summed E-state index contributed by atoms with van der Waals surface area (Å²) in [6.07, 6.45) is 2.45. The lowest BCUT2D eigenvalue weighted by atomic mass is 10.1. The highest BCUT2D eigenvalue weighted by molar-refractivity contribution is 5.80. The molecule has 0 saturated carbocycles. The number of nitro benzene ring substituents is 2. The summed E-state index contributed by atoms with van der Waals surface area (Å²) in [5.41, 5.74) is 3.91. The Labute approximate surface area is 131 Å². The smallest absolute Gasteiger partial charge is 0.272 e. The number of non-ortho nitro benzene ring substituents is 1. The highest BCUT2D eigenvalue weighted by Crippen LogP contribution is 2.28. The molecule has 0 aliphatic rings. The van der Waals surface area contributed by atoms with Gasteiger partial charge in [-0.15, -0.1) is 0 Å². The Hall–Kier alpha value is -3.29. The molecule has 0 aliphatic carbocycles. The van der Waals surface area contributed by atoms with E-state index >= 15 is 0 Å². The van der Waals surface area contributed by atoms with Crippen molar-refractivity contribution in [3.63, 3.8) is 0 Å². The molecular weight excluding hydrogens is 300 g/mol. The van der Waals surface area contributed by atoms with Crippen LogP contribution in [0.5, 0.6) is 0 Å². The third kappa shape index (κ3) is 4.10. The fraction of sp³-hybridized carbons (Fsp3) is 0.133. The van der Waals surface area contributed by atoms with E-state index in [2.05, 4.69) is 17.5 Å². The molecule has 0 heterocycles. The number of nitro groups is 2. The molecule has 0 fully saturated rings. The van der Waals surface area contributed by atoms with E-state index in [0.717, 1.165) is 18.1 Å². The quantitative estimate of drug-likeness (QED) is 0.498. The molecule has 0 radical (unpaired) electrons. The highest BCUT2D eigenvalue weighted by Gasteiger charge is 2.18. The second-order valence-electron chi connectivity index (χ2n) is 4.68. The number of nitrogens with zero attached hydrogens (tertiary/aromatic N) is 3. The van der Waals surface area contributed by atoms with Gasteiger partial charge in [0.05, 0.1) is 22.1 Å². The number of aryl methyl sites for hydroxylation is 1. The van der Waals surface area contributed by atoms with Gasteiger partial charge >= 0.3 is 5.69 Å². The normalized spacial score (nSPS) is 10.7. The second kappa shape index (κ2) is 7.12. The van der Waals surface area contributed by atoms with Gasteiger partial charge < -0.3 is 0 Å². The number of benzene rings is 2. The third-order valence-corrected chi connectivity index (χ3v) is 3.18. The lowest BCUT2D eigenvalue weighted by Crippen LogP contribution is -1.98. The Morgan fingerprint density at radius 1 is 1.09 bits per heavy atom. The van der Waals surface area contributed by atoms with Crippen LogP contribution in [-0.4, -0.2) is 16.1 Å². The molecule has 0 bridgehead atoms. The maximum absolute atomic E-state index is 11.0. The first-order valence-corrected chi connectivity index (χ1v) is 6.82. The van der Waals surface area contributed by atoms with E-state index in [9.17, 15) is 20.2 Å². The van der Waals surface area contributed by atoms with Gasteiger partial charge in [-0.25, -0.2) is 0 Å². The van der Waals surface area contributed by atoms with Gasteiger partial charge in [-0.2, -0.15) is 5.10 Å². The first-order chi connectivity index (χ1) is 11.0. The second-order valence-corrected chi connectivity index (χ2v) is 4.68. The molecule has 2 aromatic carbocycles. The lowest BCUT2D eigenvalue weighted by molar-refractivity contribution is -0.393. The zero-order chi connectivity index (χ0) is 16.8. The molecule has 8 nitrogen and oxygen atoms in total. The zero-order valence-electron chi connectivity index (χ0n) is 12.3. The molecule has 23 heavy (non-hydrogen) atoms. The molecule has 118 valence electrons. The summed E-state index contributed by atoms with van der Waals surface area (Å²) >= 11 is 0. The van der Waals surface area contributed by atoms with Crippen molar-refractivity contribution in [2.45, 2.75) is 13.3 Å². The van der Waals surface area contributed by atoms with Crippen molar-refractivity contribution in [3.05, 3.63) is 73.8 Å². The SMILES string of the molecule is CCc1ccc(/C=N/Nc2ccc([N+](=O)[O-])cc2[N+](=O)[O-])cc1. The van der Waals surface area contributed by atoms with Gasteiger partial charge in [-0.3, -0.25) is 25.7 Å². The fourth-order valence-electron chi connectivity index (χ4n) is 1.89. The highest BCUT2D eigenvalue weighted by atomic mass is 16.6. The summed E-state index contributed by atoms with van der Waals surface area (Å²) in [7, 11) is 0. The Bertz CT molecular complexity index is 757. The van der Waals surface area contributed by atoms with Crippen LogP contribution in [0.3, 0.4) is 0 Å². The standard InChI is InChI=1S/C15H14N4O4/c1-2-11-3-5-12(6-4-11)10-16-17-14-8-7-13(18(20)21)9-15(14)19(22)23/h3-10,17H,2H2,1H3/b16-10+. The van der Waals surface area contributed by atoms with Gasteiger partial charge in [0.1, 0.15) is 5.69 Å². The van der Waals surface area contributed by atoms with Crippen LogP contribution in [0.4, 0.5) is 17.1 Å². The Morgan fingerprint density at radius 3 is 2.35 bits per heavy atom. The fourth-order valence-corrected chi connectivity index (χ4v) is 1.89. The van der Waals surface area contributed by atoms with E-state index in [1.54, 1.807) is 0 Å². The topological polar surface area (TPSA) is 111 Å². The van der Waals surface area contributed by atoms with Crippen molar-refractivity contribution >= 4 is 23.3 Å². The van der Waals surface area contributed by atoms with Crippen LogP contribution in [0.2, 0.25) is 0 Å². The minimum absolute atomic E-state index is 0.0852. The van der Waals surface area contributed by atoms with Crippen molar-refractivity contribution in [2.24, 2.45) is 5.10 Å². The average molecular weight is 314 g/mol. The Balaban J connectivity index is 2.17. The molecule has 0 saturated heterocycles. The molecule has 0 amide bonds. The van der Waals surface area contributed by atoms with Crippen LogP contribution >= 0.6 is 0 Å². The van der Waals surface area contributed by atoms with Crippen LogP contribution in [0.15, 0.2) is 47.6 Å². The van der Waals surface area contributed by atoms with E-state index in [-0.39, 0.29) is 11.4 Å². The van der Waals surface area contributed by atoms with Gasteiger partial charge in [0.25, 0.3) is 5.69 Å². The summed E-state index contributed by atoms with van der Waals surface area (Å²) in [6.45, 7) is 2.05. The van der Waals surface area contributed by atoms with E-state index in [4.69, 9.17) is 0 Å². The molecule has 2 aromatic rings. The van der Waals surface area contributed by atoms with Gasteiger partial charge in [-0.1, -0.05) is 31.2 Å². The number of hydrogen-bond donors (Lipinski definition) is 1. The molecule has 8 heteroatoms. The van der Waals surface area contributed by atoms with Crippen LogP contribution in [0, 0.1) is 20.2 Å². The zero-order valence-corrected chi connectivity index (χ0v) is 12.3.